The zero-order chi connectivity index (χ0) is 15.9. The third kappa shape index (κ3) is 4.26. The molecule has 22 heavy (non-hydrogen) atoms. The van der Waals surface area contributed by atoms with Crippen molar-refractivity contribution in [2.75, 3.05) is 0 Å². The smallest absolute Gasteiger partial charge is 0.182 e. The minimum absolute atomic E-state index is 0.724. The molecule has 2 aromatic rings. The lowest BCUT2D eigenvalue weighted by atomic mass is 9.96. The van der Waals surface area contributed by atoms with Crippen LogP contribution in [0.3, 0.4) is 0 Å². The summed E-state index contributed by atoms with van der Waals surface area (Å²) in [6.45, 7) is 6.74. The lowest BCUT2D eigenvalue weighted by Crippen LogP contribution is -1.96. The first-order chi connectivity index (χ1) is 10.6. The second kappa shape index (κ2) is 7.87. The van der Waals surface area contributed by atoms with Gasteiger partial charge in [0.1, 0.15) is 6.33 Å². The van der Waals surface area contributed by atoms with E-state index in [4.69, 9.17) is 0 Å². The molecule has 0 aliphatic rings. The Morgan fingerprint density at radius 2 is 2.09 bits per heavy atom. The van der Waals surface area contributed by atoms with Crippen molar-refractivity contribution in [1.29, 1.82) is 0 Å². The molecule has 0 saturated heterocycles. The van der Waals surface area contributed by atoms with Crippen LogP contribution in [0.5, 0.6) is 0 Å². The van der Waals surface area contributed by atoms with Gasteiger partial charge in [-0.3, -0.25) is 9.67 Å². The Hall–Kier alpha value is -1.97. The lowest BCUT2D eigenvalue weighted by molar-refractivity contribution is 0.524. The molecule has 0 saturated carbocycles. The van der Waals surface area contributed by atoms with Gasteiger partial charge in [0.25, 0.3) is 0 Å². The number of hydrogen-bond acceptors (Lipinski definition) is 3. The summed E-state index contributed by atoms with van der Waals surface area (Å²) in [6.07, 6.45) is 10.5. The normalized spacial score (nSPS) is 13.4. The van der Waals surface area contributed by atoms with Crippen LogP contribution in [-0.4, -0.2) is 19.7 Å². The molecule has 1 atom stereocenters. The van der Waals surface area contributed by atoms with E-state index in [2.05, 4.69) is 54.0 Å². The third-order valence-electron chi connectivity index (χ3n) is 4.00. The molecule has 0 fully saturated rings. The maximum Gasteiger partial charge on any atom is 0.182 e. The molecule has 0 aromatic carbocycles. The lowest BCUT2D eigenvalue weighted by Gasteiger charge is -2.11. The number of aromatic nitrogens is 4. The standard InChI is InChI=1S/C18H26N4/c1-5-7-15(9-8-14(3)6-2)17-11-10-16(12-19-17)18-20-13-22(4)21-18/h7,10-14H,5-6,8-9H2,1-4H3/b15-7+. The SMILES string of the molecule is CC/C=C(\CCC(C)CC)c1ccc(-c2ncn(C)n2)cn1. The van der Waals surface area contributed by atoms with Crippen molar-refractivity contribution in [3.63, 3.8) is 0 Å². The van der Waals surface area contributed by atoms with E-state index in [0.717, 1.165) is 35.8 Å². The Morgan fingerprint density at radius 3 is 2.64 bits per heavy atom. The van der Waals surface area contributed by atoms with Crippen LogP contribution in [-0.2, 0) is 7.05 Å². The van der Waals surface area contributed by atoms with Gasteiger partial charge < -0.3 is 0 Å². The molecule has 2 heterocycles. The van der Waals surface area contributed by atoms with E-state index in [1.54, 1.807) is 11.0 Å². The summed E-state index contributed by atoms with van der Waals surface area (Å²) in [7, 11) is 1.87. The second-order valence-corrected chi connectivity index (χ2v) is 5.86. The van der Waals surface area contributed by atoms with Gasteiger partial charge in [-0.1, -0.05) is 33.3 Å². The third-order valence-corrected chi connectivity index (χ3v) is 4.00. The van der Waals surface area contributed by atoms with E-state index in [1.165, 1.54) is 18.4 Å². The van der Waals surface area contributed by atoms with Crippen molar-refractivity contribution >= 4 is 5.57 Å². The maximum atomic E-state index is 4.63. The van der Waals surface area contributed by atoms with Gasteiger partial charge in [-0.05, 0) is 42.9 Å². The zero-order valence-electron chi connectivity index (χ0n) is 14.1. The van der Waals surface area contributed by atoms with E-state index >= 15 is 0 Å². The molecule has 0 N–H and O–H groups in total. The van der Waals surface area contributed by atoms with Gasteiger partial charge in [0, 0.05) is 18.8 Å². The Balaban J connectivity index is 2.14. The first kappa shape index (κ1) is 16.4. The Morgan fingerprint density at radius 1 is 1.27 bits per heavy atom. The highest BCUT2D eigenvalue weighted by Crippen LogP contribution is 2.24. The Labute approximate surface area is 133 Å². The molecule has 0 radical (unpaired) electrons. The minimum atomic E-state index is 0.724. The largest absolute Gasteiger partial charge is 0.256 e. The van der Waals surface area contributed by atoms with Crippen molar-refractivity contribution in [3.05, 3.63) is 36.4 Å². The Bertz CT molecular complexity index is 610. The van der Waals surface area contributed by atoms with E-state index in [0.29, 0.717) is 0 Å². The van der Waals surface area contributed by atoms with Crippen LogP contribution in [0.2, 0.25) is 0 Å². The maximum absolute atomic E-state index is 4.63. The molecule has 2 aromatic heterocycles. The molecular weight excluding hydrogens is 272 g/mol. The van der Waals surface area contributed by atoms with Gasteiger partial charge in [-0.2, -0.15) is 5.10 Å². The van der Waals surface area contributed by atoms with Gasteiger partial charge in [0.05, 0.1) is 5.69 Å². The monoisotopic (exact) mass is 298 g/mol. The topological polar surface area (TPSA) is 43.6 Å². The van der Waals surface area contributed by atoms with Crippen molar-refractivity contribution in [1.82, 2.24) is 19.7 Å². The fourth-order valence-corrected chi connectivity index (χ4v) is 2.37. The van der Waals surface area contributed by atoms with Gasteiger partial charge >= 0.3 is 0 Å². The molecule has 4 heteroatoms. The number of rotatable bonds is 7. The summed E-state index contributed by atoms with van der Waals surface area (Å²) in [5.41, 5.74) is 3.38. The molecule has 0 spiro atoms. The molecule has 0 aliphatic carbocycles. The zero-order valence-corrected chi connectivity index (χ0v) is 14.1. The number of aryl methyl sites for hydroxylation is 1. The fourth-order valence-electron chi connectivity index (χ4n) is 2.37. The van der Waals surface area contributed by atoms with Gasteiger partial charge in [0.15, 0.2) is 5.82 Å². The van der Waals surface area contributed by atoms with Crippen LogP contribution >= 0.6 is 0 Å². The van der Waals surface area contributed by atoms with Gasteiger partial charge in [-0.25, -0.2) is 4.98 Å². The van der Waals surface area contributed by atoms with E-state index in [-0.39, 0.29) is 0 Å². The van der Waals surface area contributed by atoms with Crippen LogP contribution in [0.15, 0.2) is 30.7 Å². The van der Waals surface area contributed by atoms with Gasteiger partial charge in [0.2, 0.25) is 0 Å². The van der Waals surface area contributed by atoms with Gasteiger partial charge in [-0.15, -0.1) is 0 Å². The van der Waals surface area contributed by atoms with E-state index in [9.17, 15) is 0 Å². The highest BCUT2D eigenvalue weighted by atomic mass is 15.3. The molecule has 0 bridgehead atoms. The molecule has 1 unspecified atom stereocenters. The molecular formula is C18H26N4. The molecule has 118 valence electrons. The van der Waals surface area contributed by atoms with Crippen molar-refractivity contribution in [2.24, 2.45) is 13.0 Å². The summed E-state index contributed by atoms with van der Waals surface area (Å²) >= 11 is 0. The summed E-state index contributed by atoms with van der Waals surface area (Å²) in [4.78, 5) is 8.89. The average molecular weight is 298 g/mol. The fraction of sp³-hybridized carbons (Fsp3) is 0.500. The van der Waals surface area contributed by atoms with Crippen molar-refractivity contribution in [3.8, 4) is 11.4 Å². The van der Waals surface area contributed by atoms with E-state index < -0.39 is 0 Å². The number of allylic oxidation sites excluding steroid dienone is 2. The Kier molecular flexibility index (Phi) is 5.87. The van der Waals surface area contributed by atoms with E-state index in [1.807, 2.05) is 13.2 Å². The molecule has 4 nitrogen and oxygen atoms in total. The first-order valence-corrected chi connectivity index (χ1v) is 8.15. The van der Waals surface area contributed by atoms with Crippen LogP contribution in [0.25, 0.3) is 17.0 Å². The van der Waals surface area contributed by atoms with Crippen LogP contribution in [0.4, 0.5) is 0 Å². The van der Waals surface area contributed by atoms with Crippen molar-refractivity contribution < 1.29 is 0 Å². The number of hydrogen-bond donors (Lipinski definition) is 0. The van der Waals surface area contributed by atoms with Crippen LogP contribution < -0.4 is 0 Å². The van der Waals surface area contributed by atoms with Crippen LogP contribution in [0, 0.1) is 5.92 Å². The average Bonchev–Trinajstić information content (AvgIpc) is 2.97. The summed E-state index contributed by atoms with van der Waals surface area (Å²) < 4.78 is 1.71. The summed E-state index contributed by atoms with van der Waals surface area (Å²) in [5.74, 6) is 1.49. The summed E-state index contributed by atoms with van der Waals surface area (Å²) in [6, 6.07) is 4.15. The highest BCUT2D eigenvalue weighted by Gasteiger charge is 2.08. The van der Waals surface area contributed by atoms with Crippen molar-refractivity contribution in [2.45, 2.75) is 46.5 Å². The molecule has 2 rings (SSSR count). The first-order valence-electron chi connectivity index (χ1n) is 8.15. The minimum Gasteiger partial charge on any atom is -0.256 e. The van der Waals surface area contributed by atoms with Crippen LogP contribution in [0.1, 0.15) is 52.1 Å². The quantitative estimate of drug-likeness (QED) is 0.756. The predicted octanol–water partition coefficient (Wildman–Crippen LogP) is 4.50. The molecule has 0 aliphatic heterocycles. The molecule has 0 amide bonds. The number of pyridine rings is 1. The highest BCUT2D eigenvalue weighted by molar-refractivity contribution is 5.64. The second-order valence-electron chi connectivity index (χ2n) is 5.86. The predicted molar refractivity (Wildman–Crippen MR) is 91.2 cm³/mol. The summed E-state index contributed by atoms with van der Waals surface area (Å²) in [5, 5.41) is 4.31. The number of nitrogens with zero attached hydrogens (tertiary/aromatic N) is 4.